The van der Waals surface area contributed by atoms with Gasteiger partial charge in [-0.2, -0.15) is 0 Å². The Labute approximate surface area is 252 Å². The molecule has 0 bridgehead atoms. The molecule has 0 fully saturated rings. The fourth-order valence-electron chi connectivity index (χ4n) is 5.53. The lowest BCUT2D eigenvalue weighted by atomic mass is 9.95. The van der Waals surface area contributed by atoms with E-state index < -0.39 is 12.1 Å². The van der Waals surface area contributed by atoms with Gasteiger partial charge in [0.25, 0.3) is 0 Å². The lowest BCUT2D eigenvalue weighted by molar-refractivity contribution is -0.122. The third-order valence-corrected chi connectivity index (χ3v) is 7.46. The average molecular weight is 589 g/mol. The number of fused-ring (bicyclic) bond motifs is 3. The third kappa shape index (κ3) is 7.25. The molecule has 1 heterocycles. The van der Waals surface area contributed by atoms with Crippen LogP contribution in [0.15, 0.2) is 53.6 Å². The summed E-state index contributed by atoms with van der Waals surface area (Å²) in [5.41, 5.74) is 3.92. The van der Waals surface area contributed by atoms with E-state index in [1.165, 1.54) is 6.92 Å². The van der Waals surface area contributed by atoms with Crippen molar-refractivity contribution in [1.29, 1.82) is 0 Å². The number of aryl methyl sites for hydroxylation is 1. The highest BCUT2D eigenvalue weighted by Crippen LogP contribution is 2.50. The summed E-state index contributed by atoms with van der Waals surface area (Å²) in [4.78, 5) is 43.4. The minimum atomic E-state index is -0.649. The molecule has 1 aliphatic carbocycles. The molecule has 0 spiro atoms. The molecule has 0 saturated carbocycles. The van der Waals surface area contributed by atoms with E-state index in [0.29, 0.717) is 48.6 Å². The Hall–Kier alpha value is -4.60. The molecule has 10 nitrogen and oxygen atoms in total. The summed E-state index contributed by atoms with van der Waals surface area (Å²) in [6, 6.07) is 9.62. The van der Waals surface area contributed by atoms with E-state index in [9.17, 15) is 14.4 Å². The van der Waals surface area contributed by atoms with Crippen molar-refractivity contribution >= 4 is 17.5 Å². The van der Waals surface area contributed by atoms with Gasteiger partial charge in [0, 0.05) is 31.4 Å². The fraction of sp³-hybridized carbons (Fsp3) is 0.394. The summed E-state index contributed by atoms with van der Waals surface area (Å²) < 4.78 is 17.1. The van der Waals surface area contributed by atoms with Gasteiger partial charge in [-0.15, -0.1) is 0 Å². The van der Waals surface area contributed by atoms with Crippen molar-refractivity contribution in [2.24, 2.45) is 5.92 Å². The molecule has 4 rings (SSSR count). The standard InChI is InChI=1S/C33H40N4O6/c1-19(2)14-27(33(40)35-18-21-8-7-13-34-17-21)37-26-12-10-23-24(16-28(26)39)25(36-20(3)38)11-9-22-15-29(41-4)31(42-5)32(43-6)30(22)23/h7-8,10,12-13,15-17,19,25,27H,9,11,14,18H2,1-6H3,(H,35,40)(H,36,38)(H,37,39)/t25-,27-/m0/s1. The number of hydrogen-bond donors (Lipinski definition) is 3. The molecule has 43 heavy (non-hydrogen) atoms. The zero-order valence-electron chi connectivity index (χ0n) is 25.6. The summed E-state index contributed by atoms with van der Waals surface area (Å²) in [5, 5.41) is 9.20. The Morgan fingerprint density at radius 2 is 1.81 bits per heavy atom. The van der Waals surface area contributed by atoms with Gasteiger partial charge in [0.15, 0.2) is 11.5 Å². The van der Waals surface area contributed by atoms with Crippen LogP contribution in [0, 0.1) is 5.92 Å². The number of nitrogens with zero attached hydrogens (tertiary/aromatic N) is 1. The first-order chi connectivity index (χ1) is 20.7. The van der Waals surface area contributed by atoms with Crippen molar-refractivity contribution in [1.82, 2.24) is 15.6 Å². The van der Waals surface area contributed by atoms with Crippen LogP contribution in [-0.2, 0) is 22.6 Å². The highest BCUT2D eigenvalue weighted by molar-refractivity contribution is 5.86. The first kappa shape index (κ1) is 31.3. The second kappa shape index (κ2) is 14.0. The molecule has 0 radical (unpaired) electrons. The maximum Gasteiger partial charge on any atom is 0.242 e. The van der Waals surface area contributed by atoms with Gasteiger partial charge in [0.05, 0.1) is 33.1 Å². The number of methoxy groups -OCH3 is 3. The second-order valence-electron chi connectivity index (χ2n) is 11.0. The molecule has 3 N–H and O–H groups in total. The number of aromatic nitrogens is 1. The van der Waals surface area contributed by atoms with Gasteiger partial charge in [0.1, 0.15) is 6.04 Å². The largest absolute Gasteiger partial charge is 0.493 e. The molecular weight excluding hydrogens is 548 g/mol. The molecule has 2 amide bonds. The van der Waals surface area contributed by atoms with Crippen LogP contribution in [0.2, 0.25) is 0 Å². The smallest absolute Gasteiger partial charge is 0.242 e. The van der Waals surface area contributed by atoms with Crippen molar-refractivity contribution in [3.05, 3.63) is 75.7 Å². The molecule has 228 valence electrons. The van der Waals surface area contributed by atoms with Gasteiger partial charge < -0.3 is 30.2 Å². The number of benzene rings is 1. The Balaban J connectivity index is 1.81. The first-order valence-corrected chi connectivity index (χ1v) is 14.4. The van der Waals surface area contributed by atoms with Crippen molar-refractivity contribution in [2.75, 3.05) is 26.6 Å². The Morgan fingerprint density at radius 1 is 1.05 bits per heavy atom. The van der Waals surface area contributed by atoms with E-state index >= 15 is 0 Å². The quantitative estimate of drug-likeness (QED) is 0.301. The van der Waals surface area contributed by atoms with E-state index in [1.54, 1.807) is 45.9 Å². The Morgan fingerprint density at radius 3 is 2.44 bits per heavy atom. The monoisotopic (exact) mass is 588 g/mol. The molecule has 1 aliphatic rings. The van der Waals surface area contributed by atoms with E-state index in [0.717, 1.165) is 22.3 Å². The number of pyridine rings is 1. The highest BCUT2D eigenvalue weighted by Gasteiger charge is 2.30. The molecular formula is C33H40N4O6. The van der Waals surface area contributed by atoms with Crippen molar-refractivity contribution in [3.8, 4) is 28.4 Å². The third-order valence-electron chi connectivity index (χ3n) is 7.46. The van der Waals surface area contributed by atoms with Crippen molar-refractivity contribution in [3.63, 3.8) is 0 Å². The van der Waals surface area contributed by atoms with Crippen LogP contribution < -0.4 is 35.6 Å². The van der Waals surface area contributed by atoms with Gasteiger partial charge in [-0.3, -0.25) is 19.4 Å². The minimum Gasteiger partial charge on any atom is -0.493 e. The molecule has 3 aromatic rings. The van der Waals surface area contributed by atoms with Gasteiger partial charge in [-0.1, -0.05) is 26.0 Å². The van der Waals surface area contributed by atoms with Crippen LogP contribution in [-0.4, -0.2) is 44.2 Å². The lowest BCUT2D eigenvalue weighted by Crippen LogP contribution is -2.41. The summed E-state index contributed by atoms with van der Waals surface area (Å²) in [6.07, 6.45) is 5.05. The van der Waals surface area contributed by atoms with Crippen LogP contribution in [0.5, 0.6) is 17.2 Å². The summed E-state index contributed by atoms with van der Waals surface area (Å²) in [7, 11) is 4.67. The molecule has 10 heteroatoms. The number of hydrogen-bond acceptors (Lipinski definition) is 8. The summed E-state index contributed by atoms with van der Waals surface area (Å²) in [5.74, 6) is 1.20. The van der Waals surface area contributed by atoms with Crippen LogP contribution in [0.3, 0.4) is 0 Å². The SMILES string of the molecule is COc1cc2c(c(OC)c1OC)-c1ccc(N[C@@H](CC(C)C)C(=O)NCc3cccnc3)c(=O)cc1[C@@H](NC(C)=O)CC2. The number of carbonyl (C=O) groups is 2. The van der Waals surface area contributed by atoms with Gasteiger partial charge in [-0.05, 0) is 71.7 Å². The van der Waals surface area contributed by atoms with Crippen LogP contribution in [0.1, 0.15) is 56.3 Å². The molecule has 2 aromatic carbocycles. The predicted octanol–water partition coefficient (Wildman–Crippen LogP) is 4.40. The number of carbonyl (C=O) groups excluding carboxylic acids is 2. The van der Waals surface area contributed by atoms with E-state index in [2.05, 4.69) is 20.9 Å². The highest BCUT2D eigenvalue weighted by atomic mass is 16.5. The van der Waals surface area contributed by atoms with Crippen molar-refractivity contribution < 1.29 is 23.8 Å². The normalized spacial score (nSPS) is 14.4. The molecule has 1 aromatic heterocycles. The van der Waals surface area contributed by atoms with Crippen LogP contribution in [0.4, 0.5) is 5.69 Å². The summed E-state index contributed by atoms with van der Waals surface area (Å²) in [6.45, 7) is 5.83. The number of nitrogens with one attached hydrogen (secondary N) is 3. The second-order valence-corrected chi connectivity index (χ2v) is 11.0. The Kier molecular flexibility index (Phi) is 10.2. The maximum absolute atomic E-state index is 13.8. The molecule has 2 atom stereocenters. The zero-order valence-corrected chi connectivity index (χ0v) is 25.6. The first-order valence-electron chi connectivity index (χ1n) is 14.4. The number of ether oxygens (including phenoxy) is 3. The van der Waals surface area contributed by atoms with E-state index in [-0.39, 0.29) is 28.8 Å². The van der Waals surface area contributed by atoms with E-state index in [1.807, 2.05) is 38.1 Å². The molecule has 0 unspecified atom stereocenters. The van der Waals surface area contributed by atoms with E-state index in [4.69, 9.17) is 14.2 Å². The van der Waals surface area contributed by atoms with Crippen LogP contribution in [0.25, 0.3) is 11.1 Å². The van der Waals surface area contributed by atoms with Gasteiger partial charge in [-0.25, -0.2) is 0 Å². The average Bonchev–Trinajstić information content (AvgIpc) is 3.23. The zero-order chi connectivity index (χ0) is 31.1. The molecule has 0 saturated heterocycles. The lowest BCUT2D eigenvalue weighted by Gasteiger charge is -2.20. The Bertz CT molecular complexity index is 1530. The van der Waals surface area contributed by atoms with Crippen LogP contribution >= 0.6 is 0 Å². The summed E-state index contributed by atoms with van der Waals surface area (Å²) >= 11 is 0. The fourth-order valence-corrected chi connectivity index (χ4v) is 5.53. The number of amides is 2. The maximum atomic E-state index is 13.8. The topological polar surface area (TPSA) is 128 Å². The van der Waals surface area contributed by atoms with Gasteiger partial charge >= 0.3 is 0 Å². The predicted molar refractivity (Wildman–Crippen MR) is 166 cm³/mol. The number of rotatable bonds is 11. The number of anilines is 1. The minimum absolute atomic E-state index is 0.189. The van der Waals surface area contributed by atoms with Gasteiger partial charge in [0.2, 0.25) is 23.0 Å². The van der Waals surface area contributed by atoms with Crippen molar-refractivity contribution in [2.45, 2.75) is 58.7 Å². The molecule has 0 aliphatic heterocycles.